The van der Waals surface area contributed by atoms with Crippen LogP contribution < -0.4 is 0 Å². The molecule has 0 saturated heterocycles. The minimum Gasteiger partial charge on any atom is -0.396 e. The molecule has 0 unspecified atom stereocenters. The molecule has 0 amide bonds. The lowest BCUT2D eigenvalue weighted by molar-refractivity contribution is -0.144. The maximum absolute atomic E-state index is 10.3. The third kappa shape index (κ3) is 2.10. The molecule has 1 fully saturated rings. The normalized spacial score (nSPS) is 25.3. The largest absolute Gasteiger partial charge is 0.396 e. The fourth-order valence-corrected chi connectivity index (χ4v) is 2.64. The minimum absolute atomic E-state index is 0.341. The Balaban J connectivity index is 3.04. The highest BCUT2D eigenvalue weighted by Crippen LogP contribution is 2.44. The molecule has 0 spiro atoms. The van der Waals surface area contributed by atoms with Crippen LogP contribution in [0.15, 0.2) is 0 Å². The Morgan fingerprint density at radius 2 is 1.06 bits per heavy atom. The van der Waals surface area contributed by atoms with E-state index in [-0.39, 0.29) is 26.4 Å². The summed E-state index contributed by atoms with van der Waals surface area (Å²) >= 11 is 0. The van der Waals surface area contributed by atoms with Gasteiger partial charge in [-0.1, -0.05) is 12.8 Å². The van der Waals surface area contributed by atoms with E-state index in [1.165, 1.54) is 0 Å². The van der Waals surface area contributed by atoms with Crippen LogP contribution in [0.5, 0.6) is 0 Å². The quantitative estimate of drug-likeness (QED) is 0.396. The van der Waals surface area contributed by atoms with Crippen LogP contribution >= 0.6 is 0 Å². The molecule has 16 heavy (non-hydrogen) atoms. The minimum atomic E-state index is -1.09. The van der Waals surface area contributed by atoms with Crippen molar-refractivity contribution in [2.24, 2.45) is 10.8 Å². The molecule has 0 aromatic carbocycles. The molecular formula is C11H22O5. The Hall–Kier alpha value is -0.200. The highest BCUT2D eigenvalue weighted by molar-refractivity contribution is 4.99. The summed E-state index contributed by atoms with van der Waals surface area (Å²) in [5, 5.41) is 47.8. The molecule has 0 heterocycles. The maximum Gasteiger partial charge on any atom is 0.0740 e. The Labute approximate surface area is 95.4 Å². The van der Waals surface area contributed by atoms with Crippen molar-refractivity contribution in [2.45, 2.75) is 31.8 Å². The van der Waals surface area contributed by atoms with Crippen LogP contribution in [0, 0.1) is 10.8 Å². The van der Waals surface area contributed by atoms with Gasteiger partial charge >= 0.3 is 0 Å². The van der Waals surface area contributed by atoms with E-state index in [2.05, 4.69) is 0 Å². The molecule has 1 saturated carbocycles. The highest BCUT2D eigenvalue weighted by Gasteiger charge is 2.50. The smallest absolute Gasteiger partial charge is 0.0740 e. The topological polar surface area (TPSA) is 101 Å². The van der Waals surface area contributed by atoms with Gasteiger partial charge in [0.1, 0.15) is 0 Å². The first-order chi connectivity index (χ1) is 7.60. The molecule has 1 rings (SSSR count). The predicted octanol–water partition coefficient (Wildman–Crippen LogP) is -1.14. The van der Waals surface area contributed by atoms with Crippen molar-refractivity contribution in [1.82, 2.24) is 0 Å². The van der Waals surface area contributed by atoms with Crippen LogP contribution in [0.25, 0.3) is 0 Å². The van der Waals surface area contributed by atoms with E-state index < -0.39 is 16.9 Å². The van der Waals surface area contributed by atoms with Crippen molar-refractivity contribution in [2.75, 3.05) is 26.4 Å². The van der Waals surface area contributed by atoms with Gasteiger partial charge in [0.15, 0.2) is 0 Å². The summed E-state index contributed by atoms with van der Waals surface area (Å²) in [5.41, 5.74) is -2.02. The van der Waals surface area contributed by atoms with Crippen LogP contribution in [0.3, 0.4) is 0 Å². The van der Waals surface area contributed by atoms with E-state index in [0.29, 0.717) is 12.8 Å². The van der Waals surface area contributed by atoms with E-state index in [9.17, 15) is 25.5 Å². The van der Waals surface area contributed by atoms with Gasteiger partial charge in [0.25, 0.3) is 0 Å². The Kier molecular flexibility index (Phi) is 4.70. The standard InChI is InChI=1S/C11H22O5/c12-5-10(6-13)3-1-2-4-11(7-14,8-15)9(10)16/h9,12-16H,1-8H2. The molecule has 5 N–H and O–H groups in total. The van der Waals surface area contributed by atoms with Gasteiger partial charge in [-0.15, -0.1) is 0 Å². The second-order valence-corrected chi connectivity index (χ2v) is 4.97. The van der Waals surface area contributed by atoms with Crippen LogP contribution in [0.4, 0.5) is 0 Å². The summed E-state index contributed by atoms with van der Waals surface area (Å²) in [5.74, 6) is 0. The lowest BCUT2D eigenvalue weighted by atomic mass is 9.68. The van der Waals surface area contributed by atoms with Gasteiger partial charge in [-0.3, -0.25) is 0 Å². The Morgan fingerprint density at radius 1 is 0.750 bits per heavy atom. The maximum atomic E-state index is 10.3. The zero-order valence-corrected chi connectivity index (χ0v) is 9.47. The van der Waals surface area contributed by atoms with E-state index in [1.54, 1.807) is 0 Å². The van der Waals surface area contributed by atoms with Gasteiger partial charge in [0.05, 0.1) is 32.5 Å². The molecule has 0 bridgehead atoms. The molecule has 0 aliphatic heterocycles. The zero-order valence-electron chi connectivity index (χ0n) is 9.47. The summed E-state index contributed by atoms with van der Waals surface area (Å²) in [6.45, 7) is -1.36. The van der Waals surface area contributed by atoms with Crippen molar-refractivity contribution >= 4 is 0 Å². The highest BCUT2D eigenvalue weighted by atomic mass is 16.3. The molecule has 5 nitrogen and oxygen atoms in total. The average molecular weight is 234 g/mol. The monoisotopic (exact) mass is 234 g/mol. The fourth-order valence-electron chi connectivity index (χ4n) is 2.64. The van der Waals surface area contributed by atoms with Crippen molar-refractivity contribution in [1.29, 1.82) is 0 Å². The van der Waals surface area contributed by atoms with Crippen molar-refractivity contribution < 1.29 is 25.5 Å². The number of aliphatic hydroxyl groups excluding tert-OH is 5. The number of hydrogen-bond acceptors (Lipinski definition) is 5. The van der Waals surface area contributed by atoms with Crippen molar-refractivity contribution in [3.8, 4) is 0 Å². The first-order valence-electron chi connectivity index (χ1n) is 5.72. The van der Waals surface area contributed by atoms with Gasteiger partial charge in [-0.05, 0) is 12.8 Å². The first kappa shape index (κ1) is 13.9. The molecule has 0 aromatic rings. The van der Waals surface area contributed by atoms with Gasteiger partial charge in [0, 0.05) is 10.8 Å². The summed E-state index contributed by atoms with van der Waals surface area (Å²) in [7, 11) is 0. The first-order valence-corrected chi connectivity index (χ1v) is 5.72. The summed E-state index contributed by atoms with van der Waals surface area (Å²) in [6, 6.07) is 0. The third-order valence-corrected chi connectivity index (χ3v) is 4.02. The predicted molar refractivity (Wildman–Crippen MR) is 57.7 cm³/mol. The van der Waals surface area contributed by atoms with Gasteiger partial charge in [0.2, 0.25) is 0 Å². The van der Waals surface area contributed by atoms with Gasteiger partial charge in [-0.25, -0.2) is 0 Å². The second-order valence-electron chi connectivity index (χ2n) is 4.97. The number of rotatable bonds is 4. The molecule has 1 aliphatic carbocycles. The van der Waals surface area contributed by atoms with Crippen LogP contribution in [0.2, 0.25) is 0 Å². The summed E-state index contributed by atoms with van der Waals surface area (Å²) < 4.78 is 0. The van der Waals surface area contributed by atoms with Crippen LogP contribution in [0.1, 0.15) is 25.7 Å². The molecule has 0 radical (unpaired) electrons. The SMILES string of the molecule is OCC1(CO)CCCCC(CO)(CO)C1O. The molecular weight excluding hydrogens is 212 g/mol. The number of hydrogen-bond donors (Lipinski definition) is 5. The van der Waals surface area contributed by atoms with Crippen LogP contribution in [-0.4, -0.2) is 58.1 Å². The fraction of sp³-hybridized carbons (Fsp3) is 1.00. The van der Waals surface area contributed by atoms with E-state index in [0.717, 1.165) is 12.8 Å². The van der Waals surface area contributed by atoms with E-state index >= 15 is 0 Å². The Bertz CT molecular complexity index is 188. The summed E-state index contributed by atoms with van der Waals surface area (Å²) in [6.07, 6.45) is 1.44. The second kappa shape index (κ2) is 5.42. The molecule has 0 atom stereocenters. The van der Waals surface area contributed by atoms with E-state index in [1.807, 2.05) is 0 Å². The average Bonchev–Trinajstić information content (AvgIpc) is 2.48. The molecule has 0 aromatic heterocycles. The number of aliphatic hydroxyl groups is 5. The molecule has 5 heteroatoms. The van der Waals surface area contributed by atoms with Gasteiger partial charge in [-0.2, -0.15) is 0 Å². The summed E-state index contributed by atoms with van der Waals surface area (Å²) in [4.78, 5) is 0. The van der Waals surface area contributed by atoms with Crippen molar-refractivity contribution in [3.05, 3.63) is 0 Å². The van der Waals surface area contributed by atoms with Crippen molar-refractivity contribution in [3.63, 3.8) is 0 Å². The Morgan fingerprint density at radius 3 is 1.31 bits per heavy atom. The molecule has 1 aliphatic rings. The van der Waals surface area contributed by atoms with E-state index in [4.69, 9.17) is 0 Å². The lowest BCUT2D eigenvalue weighted by Gasteiger charge is -2.43. The third-order valence-electron chi connectivity index (χ3n) is 4.02. The zero-order chi connectivity index (χ0) is 12.2. The lowest BCUT2D eigenvalue weighted by Crippen LogP contribution is -2.53. The molecule has 96 valence electrons. The van der Waals surface area contributed by atoms with Gasteiger partial charge < -0.3 is 25.5 Å². The van der Waals surface area contributed by atoms with Crippen LogP contribution in [-0.2, 0) is 0 Å².